The highest BCUT2D eigenvalue weighted by Gasteiger charge is 2.52. The molecule has 1 aliphatic carbocycles. The Morgan fingerprint density at radius 3 is 2.33 bits per heavy atom. The van der Waals surface area contributed by atoms with Gasteiger partial charge < -0.3 is 4.90 Å². The average molecular weight is 320 g/mol. The molecule has 5 nitrogen and oxygen atoms in total. The van der Waals surface area contributed by atoms with Gasteiger partial charge in [0.1, 0.15) is 17.6 Å². The van der Waals surface area contributed by atoms with Crippen LogP contribution in [0.25, 0.3) is 0 Å². The molecule has 0 N–H and O–H groups in total. The van der Waals surface area contributed by atoms with E-state index >= 15 is 0 Å². The van der Waals surface area contributed by atoms with Gasteiger partial charge in [-0.2, -0.15) is 5.26 Å². The minimum Gasteiger partial charge on any atom is -0.378 e. The first-order valence-corrected chi connectivity index (χ1v) is 7.91. The van der Waals surface area contributed by atoms with Crippen molar-refractivity contribution in [2.75, 3.05) is 30.9 Å². The van der Waals surface area contributed by atoms with Gasteiger partial charge in [-0.25, -0.2) is 4.98 Å². The van der Waals surface area contributed by atoms with Crippen molar-refractivity contribution in [3.63, 3.8) is 0 Å². The van der Waals surface area contributed by atoms with E-state index < -0.39 is 5.41 Å². The molecule has 0 radical (unpaired) electrons. The Morgan fingerprint density at radius 2 is 1.79 bits per heavy atom. The number of carbonyl (C=O) groups excluding carboxylic acids is 1. The molecular formula is C19H20N4O. The molecule has 1 aromatic carbocycles. The van der Waals surface area contributed by atoms with E-state index in [0.717, 1.165) is 24.1 Å². The molecule has 2 aromatic rings. The fraction of sp³-hybridized carbons (Fsp3) is 0.316. The normalized spacial score (nSPS) is 14.6. The number of nitriles is 1. The van der Waals surface area contributed by atoms with E-state index in [0.29, 0.717) is 11.5 Å². The predicted molar refractivity (Wildman–Crippen MR) is 94.0 cm³/mol. The summed E-state index contributed by atoms with van der Waals surface area (Å²) >= 11 is 0. The number of anilines is 2. The van der Waals surface area contributed by atoms with Gasteiger partial charge in [-0.3, -0.25) is 9.69 Å². The van der Waals surface area contributed by atoms with E-state index in [4.69, 9.17) is 5.26 Å². The molecule has 24 heavy (non-hydrogen) atoms. The van der Waals surface area contributed by atoms with Crippen LogP contribution in [0.3, 0.4) is 0 Å². The molecule has 1 saturated carbocycles. The van der Waals surface area contributed by atoms with E-state index in [1.165, 1.54) is 0 Å². The van der Waals surface area contributed by atoms with Crippen molar-refractivity contribution >= 4 is 17.4 Å². The van der Waals surface area contributed by atoms with E-state index in [9.17, 15) is 4.79 Å². The quantitative estimate of drug-likeness (QED) is 0.869. The minimum absolute atomic E-state index is 0.0303. The number of hydrogen-bond acceptors (Lipinski definition) is 4. The van der Waals surface area contributed by atoms with Crippen LogP contribution in [0, 0.1) is 11.3 Å². The lowest BCUT2D eigenvalue weighted by atomic mass is 9.94. The third kappa shape index (κ3) is 2.71. The summed E-state index contributed by atoms with van der Waals surface area (Å²) in [6.07, 6.45) is 1.69. The maximum Gasteiger partial charge on any atom is 0.238 e. The molecule has 1 aromatic heterocycles. The molecule has 5 heteroatoms. The Balaban J connectivity index is 1.87. The minimum atomic E-state index is -0.454. The molecule has 1 fully saturated rings. The lowest BCUT2D eigenvalue weighted by molar-refractivity contribution is -0.120. The van der Waals surface area contributed by atoms with Crippen molar-refractivity contribution in [2.45, 2.75) is 18.3 Å². The molecular weight excluding hydrogens is 300 g/mol. The van der Waals surface area contributed by atoms with Gasteiger partial charge in [-0.05, 0) is 42.7 Å². The van der Waals surface area contributed by atoms with Crippen molar-refractivity contribution in [3.8, 4) is 6.07 Å². The van der Waals surface area contributed by atoms with Crippen LogP contribution in [-0.2, 0) is 10.2 Å². The van der Waals surface area contributed by atoms with E-state index in [-0.39, 0.29) is 5.91 Å². The number of hydrogen-bond donors (Lipinski definition) is 0. The molecule has 0 unspecified atom stereocenters. The SMILES string of the molecule is CN(C)c1ccc(C2(C(=O)N(C)c3cccc(C#N)n3)CC2)cc1. The average Bonchev–Trinajstić information content (AvgIpc) is 3.42. The highest BCUT2D eigenvalue weighted by Crippen LogP contribution is 2.50. The van der Waals surface area contributed by atoms with Crippen LogP contribution in [-0.4, -0.2) is 32.0 Å². The zero-order valence-electron chi connectivity index (χ0n) is 14.2. The van der Waals surface area contributed by atoms with Gasteiger partial charge in [0.2, 0.25) is 5.91 Å². The fourth-order valence-corrected chi connectivity index (χ4v) is 2.93. The summed E-state index contributed by atoms with van der Waals surface area (Å²) in [5.74, 6) is 0.540. The summed E-state index contributed by atoms with van der Waals surface area (Å²) in [6, 6.07) is 15.3. The monoisotopic (exact) mass is 320 g/mol. The lowest BCUT2D eigenvalue weighted by Crippen LogP contribution is -2.37. The molecule has 0 atom stereocenters. The molecule has 0 bridgehead atoms. The number of likely N-dealkylation sites (N-methyl/N-ethyl adjacent to an activating group) is 1. The van der Waals surface area contributed by atoms with Crippen LogP contribution in [0.2, 0.25) is 0 Å². The number of aromatic nitrogens is 1. The first-order chi connectivity index (χ1) is 11.5. The maximum absolute atomic E-state index is 13.0. The first kappa shape index (κ1) is 16.0. The second-order valence-electron chi connectivity index (χ2n) is 6.38. The molecule has 0 saturated heterocycles. The summed E-state index contributed by atoms with van der Waals surface area (Å²) < 4.78 is 0. The van der Waals surface area contributed by atoms with Crippen LogP contribution in [0.5, 0.6) is 0 Å². The number of benzene rings is 1. The van der Waals surface area contributed by atoms with Crippen LogP contribution < -0.4 is 9.80 Å². The number of carbonyl (C=O) groups is 1. The smallest absolute Gasteiger partial charge is 0.238 e. The second-order valence-corrected chi connectivity index (χ2v) is 6.38. The molecule has 122 valence electrons. The zero-order chi connectivity index (χ0) is 17.3. The third-order valence-electron chi connectivity index (χ3n) is 4.59. The molecule has 1 amide bonds. The fourth-order valence-electron chi connectivity index (χ4n) is 2.93. The van der Waals surface area contributed by atoms with Gasteiger partial charge in [0.15, 0.2) is 0 Å². The van der Waals surface area contributed by atoms with E-state index in [1.54, 1.807) is 30.1 Å². The van der Waals surface area contributed by atoms with Gasteiger partial charge in [-0.1, -0.05) is 18.2 Å². The Labute approximate surface area is 142 Å². The van der Waals surface area contributed by atoms with Crippen molar-refractivity contribution in [1.82, 2.24) is 4.98 Å². The Bertz CT molecular complexity index is 801. The summed E-state index contributed by atoms with van der Waals surface area (Å²) in [5.41, 5.74) is 2.01. The number of amides is 1. The highest BCUT2D eigenvalue weighted by atomic mass is 16.2. The van der Waals surface area contributed by atoms with Gasteiger partial charge in [0.25, 0.3) is 0 Å². The Morgan fingerprint density at radius 1 is 1.12 bits per heavy atom. The molecule has 0 spiro atoms. The van der Waals surface area contributed by atoms with Crippen molar-refractivity contribution in [3.05, 3.63) is 53.7 Å². The Kier molecular flexibility index (Phi) is 3.98. The molecule has 3 rings (SSSR count). The first-order valence-electron chi connectivity index (χ1n) is 7.91. The van der Waals surface area contributed by atoms with Crippen LogP contribution in [0.4, 0.5) is 11.5 Å². The summed E-state index contributed by atoms with van der Waals surface area (Å²) in [7, 11) is 5.71. The van der Waals surface area contributed by atoms with Crippen LogP contribution in [0.15, 0.2) is 42.5 Å². The zero-order valence-corrected chi connectivity index (χ0v) is 14.2. The van der Waals surface area contributed by atoms with Crippen molar-refractivity contribution < 1.29 is 4.79 Å². The predicted octanol–water partition coefficient (Wildman–Crippen LogP) is 2.71. The highest BCUT2D eigenvalue weighted by molar-refractivity contribution is 6.02. The van der Waals surface area contributed by atoms with Crippen LogP contribution in [0.1, 0.15) is 24.1 Å². The van der Waals surface area contributed by atoms with Crippen LogP contribution >= 0.6 is 0 Å². The standard InChI is InChI=1S/C19H20N4O/c1-22(2)16-9-7-14(8-10-16)19(11-12-19)18(24)23(3)17-6-4-5-15(13-20)21-17/h4-10H,11-12H2,1-3H3. The summed E-state index contributed by atoms with van der Waals surface area (Å²) in [4.78, 5) is 20.9. The number of nitrogens with zero attached hydrogens (tertiary/aromatic N) is 4. The van der Waals surface area contributed by atoms with Crippen molar-refractivity contribution in [2.24, 2.45) is 0 Å². The lowest BCUT2D eigenvalue weighted by Gasteiger charge is -2.24. The van der Waals surface area contributed by atoms with Gasteiger partial charge in [0.05, 0.1) is 5.41 Å². The van der Waals surface area contributed by atoms with Crippen molar-refractivity contribution in [1.29, 1.82) is 5.26 Å². The van der Waals surface area contributed by atoms with Gasteiger partial charge >= 0.3 is 0 Å². The van der Waals surface area contributed by atoms with E-state index in [1.807, 2.05) is 49.3 Å². The Hall–Kier alpha value is -2.87. The molecule has 1 aliphatic rings. The van der Waals surface area contributed by atoms with Gasteiger partial charge in [0, 0.05) is 26.8 Å². The molecule has 1 heterocycles. The maximum atomic E-state index is 13.0. The second kappa shape index (κ2) is 5.97. The molecule has 0 aliphatic heterocycles. The van der Waals surface area contributed by atoms with E-state index in [2.05, 4.69) is 4.98 Å². The summed E-state index contributed by atoms with van der Waals surface area (Å²) in [6.45, 7) is 0. The number of pyridine rings is 1. The summed E-state index contributed by atoms with van der Waals surface area (Å²) in [5, 5.41) is 8.98. The van der Waals surface area contributed by atoms with Gasteiger partial charge in [-0.15, -0.1) is 0 Å². The number of rotatable bonds is 4. The largest absolute Gasteiger partial charge is 0.378 e. The third-order valence-corrected chi connectivity index (χ3v) is 4.59. The topological polar surface area (TPSA) is 60.2 Å².